The second kappa shape index (κ2) is 8.54. The van der Waals surface area contributed by atoms with Crippen LogP contribution in [0, 0.1) is 11.3 Å². The van der Waals surface area contributed by atoms with Crippen molar-refractivity contribution in [2.75, 3.05) is 6.54 Å². The first-order valence-electron chi connectivity index (χ1n) is 7.14. The van der Waals surface area contributed by atoms with E-state index in [1.54, 1.807) is 0 Å². The highest BCUT2D eigenvalue weighted by atomic mass is 16.1. The Labute approximate surface area is 108 Å². The van der Waals surface area contributed by atoms with Gasteiger partial charge in [-0.2, -0.15) is 0 Å². The summed E-state index contributed by atoms with van der Waals surface area (Å²) < 4.78 is 0. The molecule has 0 aliphatic carbocycles. The van der Waals surface area contributed by atoms with E-state index in [9.17, 15) is 4.79 Å². The molecule has 102 valence electrons. The fraction of sp³-hybridized carbons (Fsp3) is 0.933. The molecule has 2 heteroatoms. The predicted octanol–water partition coefficient (Wildman–Crippen LogP) is 4.15. The van der Waals surface area contributed by atoms with Gasteiger partial charge in [-0.3, -0.25) is 4.79 Å². The van der Waals surface area contributed by atoms with Gasteiger partial charge in [-0.05, 0) is 30.6 Å². The van der Waals surface area contributed by atoms with Crippen LogP contribution in [0.15, 0.2) is 0 Å². The molecule has 0 aromatic rings. The number of rotatable bonds is 9. The summed E-state index contributed by atoms with van der Waals surface area (Å²) in [5.41, 5.74) is 0.419. The van der Waals surface area contributed by atoms with Crippen LogP contribution in [0.1, 0.15) is 73.1 Å². The van der Waals surface area contributed by atoms with Gasteiger partial charge in [0.05, 0.1) is 0 Å². The van der Waals surface area contributed by atoms with Crippen molar-refractivity contribution in [1.82, 2.24) is 5.32 Å². The first-order chi connectivity index (χ1) is 7.87. The maximum Gasteiger partial charge on any atom is 0.219 e. The first kappa shape index (κ1) is 16.5. The van der Waals surface area contributed by atoms with E-state index in [4.69, 9.17) is 0 Å². The average Bonchev–Trinajstić information content (AvgIpc) is 2.24. The molecule has 0 saturated heterocycles. The zero-order chi connectivity index (χ0) is 13.3. The van der Waals surface area contributed by atoms with Crippen LogP contribution < -0.4 is 5.32 Å². The Morgan fingerprint density at radius 2 is 1.88 bits per heavy atom. The van der Waals surface area contributed by atoms with Crippen LogP contribution in [0.5, 0.6) is 0 Å². The summed E-state index contributed by atoms with van der Waals surface area (Å²) in [6.07, 6.45) is 6.34. The van der Waals surface area contributed by atoms with Gasteiger partial charge in [-0.1, -0.05) is 47.5 Å². The summed E-state index contributed by atoms with van der Waals surface area (Å²) in [7, 11) is 0. The summed E-state index contributed by atoms with van der Waals surface area (Å²) in [5.74, 6) is 0.924. The molecule has 0 atom stereocenters. The van der Waals surface area contributed by atoms with Crippen LogP contribution in [-0.4, -0.2) is 12.5 Å². The molecule has 0 unspecified atom stereocenters. The van der Waals surface area contributed by atoms with Crippen LogP contribution in [0.25, 0.3) is 0 Å². The molecule has 0 fully saturated rings. The summed E-state index contributed by atoms with van der Waals surface area (Å²) in [5, 5.41) is 3.01. The zero-order valence-electron chi connectivity index (χ0n) is 12.4. The molecule has 0 spiro atoms. The number of hydrogen-bond acceptors (Lipinski definition) is 1. The third-order valence-electron chi connectivity index (χ3n) is 3.49. The van der Waals surface area contributed by atoms with Gasteiger partial charge in [0.25, 0.3) is 0 Å². The lowest BCUT2D eigenvalue weighted by atomic mass is 9.85. The van der Waals surface area contributed by atoms with E-state index in [0.717, 1.165) is 25.8 Å². The Hall–Kier alpha value is -0.530. The minimum Gasteiger partial charge on any atom is -0.356 e. The van der Waals surface area contributed by atoms with Crippen molar-refractivity contribution in [1.29, 1.82) is 0 Å². The standard InChI is InChI=1S/C15H31NO/c1-6-15(4,5)11-8-12-16-14(17)10-7-9-13(2)3/h13H,6-12H2,1-5H3,(H,16,17). The fourth-order valence-corrected chi connectivity index (χ4v) is 1.73. The number of carbonyl (C=O) groups excluding carboxylic acids is 1. The highest BCUT2D eigenvalue weighted by Gasteiger charge is 2.14. The smallest absolute Gasteiger partial charge is 0.219 e. The molecule has 0 bridgehead atoms. The summed E-state index contributed by atoms with van der Waals surface area (Å²) >= 11 is 0. The van der Waals surface area contributed by atoms with E-state index in [0.29, 0.717) is 17.8 Å². The van der Waals surface area contributed by atoms with Gasteiger partial charge in [0, 0.05) is 13.0 Å². The highest BCUT2D eigenvalue weighted by molar-refractivity contribution is 5.75. The first-order valence-corrected chi connectivity index (χ1v) is 7.14. The van der Waals surface area contributed by atoms with Gasteiger partial charge < -0.3 is 5.32 Å². The lowest BCUT2D eigenvalue weighted by Crippen LogP contribution is -2.25. The fourth-order valence-electron chi connectivity index (χ4n) is 1.73. The Kier molecular flexibility index (Phi) is 8.28. The third kappa shape index (κ3) is 10.3. The molecular formula is C15H31NO. The molecule has 0 aromatic heterocycles. The Balaban J connectivity index is 3.46. The number of hydrogen-bond donors (Lipinski definition) is 1. The van der Waals surface area contributed by atoms with Crippen LogP contribution >= 0.6 is 0 Å². The molecule has 0 saturated carbocycles. The summed E-state index contributed by atoms with van der Waals surface area (Å²) in [6, 6.07) is 0. The van der Waals surface area contributed by atoms with Crippen LogP contribution in [-0.2, 0) is 4.79 Å². The van der Waals surface area contributed by atoms with Gasteiger partial charge in [-0.25, -0.2) is 0 Å². The second-order valence-electron chi connectivity index (χ2n) is 6.26. The summed E-state index contributed by atoms with van der Waals surface area (Å²) in [4.78, 5) is 11.5. The molecule has 0 aromatic carbocycles. The quantitative estimate of drug-likeness (QED) is 0.604. The number of amides is 1. The Morgan fingerprint density at radius 1 is 1.24 bits per heavy atom. The topological polar surface area (TPSA) is 29.1 Å². The number of carbonyl (C=O) groups is 1. The van der Waals surface area contributed by atoms with Crippen molar-refractivity contribution < 1.29 is 4.79 Å². The van der Waals surface area contributed by atoms with Gasteiger partial charge in [0.15, 0.2) is 0 Å². The van der Waals surface area contributed by atoms with Crippen molar-refractivity contribution in [3.63, 3.8) is 0 Å². The third-order valence-corrected chi connectivity index (χ3v) is 3.49. The minimum atomic E-state index is 0.222. The van der Waals surface area contributed by atoms with E-state index < -0.39 is 0 Å². The lowest BCUT2D eigenvalue weighted by Gasteiger charge is -2.22. The zero-order valence-corrected chi connectivity index (χ0v) is 12.4. The molecule has 1 amide bonds. The molecule has 0 radical (unpaired) electrons. The Bertz CT molecular complexity index is 209. The molecule has 2 nitrogen and oxygen atoms in total. The van der Waals surface area contributed by atoms with E-state index >= 15 is 0 Å². The molecule has 0 aliphatic rings. The predicted molar refractivity (Wildman–Crippen MR) is 75.0 cm³/mol. The average molecular weight is 241 g/mol. The molecule has 17 heavy (non-hydrogen) atoms. The van der Waals surface area contributed by atoms with Crippen molar-refractivity contribution in [3.8, 4) is 0 Å². The summed E-state index contributed by atoms with van der Waals surface area (Å²) in [6.45, 7) is 12.0. The van der Waals surface area contributed by atoms with Crippen LogP contribution in [0.2, 0.25) is 0 Å². The highest BCUT2D eigenvalue weighted by Crippen LogP contribution is 2.25. The molecule has 1 N–H and O–H groups in total. The van der Waals surface area contributed by atoms with Crippen molar-refractivity contribution in [2.24, 2.45) is 11.3 Å². The van der Waals surface area contributed by atoms with Crippen LogP contribution in [0.4, 0.5) is 0 Å². The van der Waals surface area contributed by atoms with E-state index in [-0.39, 0.29) is 5.91 Å². The SMILES string of the molecule is CCC(C)(C)CCCNC(=O)CCCC(C)C. The van der Waals surface area contributed by atoms with Crippen molar-refractivity contribution in [2.45, 2.75) is 73.1 Å². The van der Waals surface area contributed by atoms with Crippen molar-refractivity contribution in [3.05, 3.63) is 0 Å². The van der Waals surface area contributed by atoms with Crippen molar-refractivity contribution >= 4 is 5.91 Å². The Morgan fingerprint density at radius 3 is 2.41 bits per heavy atom. The van der Waals surface area contributed by atoms with E-state index in [2.05, 4.69) is 39.9 Å². The van der Waals surface area contributed by atoms with Gasteiger partial charge >= 0.3 is 0 Å². The van der Waals surface area contributed by atoms with Gasteiger partial charge in [0.2, 0.25) is 5.91 Å². The monoisotopic (exact) mass is 241 g/mol. The van der Waals surface area contributed by atoms with E-state index in [1.807, 2.05) is 0 Å². The van der Waals surface area contributed by atoms with E-state index in [1.165, 1.54) is 12.8 Å². The van der Waals surface area contributed by atoms with Gasteiger partial charge in [0.1, 0.15) is 0 Å². The minimum absolute atomic E-state index is 0.222. The van der Waals surface area contributed by atoms with Crippen LogP contribution in [0.3, 0.4) is 0 Å². The molecule has 0 aliphatic heterocycles. The lowest BCUT2D eigenvalue weighted by molar-refractivity contribution is -0.121. The molecule has 0 heterocycles. The van der Waals surface area contributed by atoms with Gasteiger partial charge in [-0.15, -0.1) is 0 Å². The number of nitrogens with one attached hydrogen (secondary N) is 1. The maximum absolute atomic E-state index is 11.5. The maximum atomic E-state index is 11.5. The largest absolute Gasteiger partial charge is 0.356 e. The second-order valence-corrected chi connectivity index (χ2v) is 6.26. The molecular weight excluding hydrogens is 210 g/mol. The normalized spacial score (nSPS) is 11.9. The molecule has 0 rings (SSSR count).